The van der Waals surface area contributed by atoms with Gasteiger partial charge in [-0.25, -0.2) is 0 Å². The molecule has 1 fully saturated rings. The number of phenols is 1. The normalized spacial score (nSPS) is 14.2. The Bertz CT molecular complexity index is 781. The monoisotopic (exact) mass is 353 g/mol. The Hall–Kier alpha value is -3.02. The molecule has 1 aliphatic heterocycles. The number of ketones is 1. The van der Waals surface area contributed by atoms with E-state index in [1.54, 1.807) is 24.3 Å². The van der Waals surface area contributed by atoms with Crippen LogP contribution in [-0.4, -0.2) is 54.4 Å². The highest BCUT2D eigenvalue weighted by Crippen LogP contribution is 2.21. The highest BCUT2D eigenvalue weighted by atomic mass is 16.3. The molecule has 6 nitrogen and oxygen atoms in total. The molecule has 2 aromatic carbocycles. The third-order valence-electron chi connectivity index (χ3n) is 4.56. The maximum Gasteiger partial charge on any atom is 0.241 e. The van der Waals surface area contributed by atoms with Gasteiger partial charge >= 0.3 is 0 Å². The van der Waals surface area contributed by atoms with Gasteiger partial charge in [-0.2, -0.15) is 0 Å². The number of amides is 1. The molecule has 0 radical (unpaired) electrons. The minimum atomic E-state index is 0.0252. The largest absolute Gasteiger partial charge is 0.508 e. The second-order valence-electron chi connectivity index (χ2n) is 6.37. The number of phenolic OH excluding ortho intramolecular Hbond substituents is 1. The Balaban J connectivity index is 1.48. The fourth-order valence-electron chi connectivity index (χ4n) is 3.02. The molecule has 1 heterocycles. The second kappa shape index (κ2) is 7.91. The van der Waals surface area contributed by atoms with Crippen LogP contribution in [0.2, 0.25) is 0 Å². The lowest BCUT2D eigenvalue weighted by molar-refractivity contribution is -0.129. The predicted octanol–water partition coefficient (Wildman–Crippen LogP) is 2.36. The van der Waals surface area contributed by atoms with Crippen LogP contribution in [0.5, 0.6) is 5.75 Å². The molecule has 3 rings (SSSR count). The van der Waals surface area contributed by atoms with Crippen molar-refractivity contribution in [2.24, 2.45) is 0 Å². The van der Waals surface area contributed by atoms with Gasteiger partial charge in [0.2, 0.25) is 5.91 Å². The minimum Gasteiger partial charge on any atom is -0.508 e. The molecule has 2 aromatic rings. The maximum absolute atomic E-state index is 12.4. The number of anilines is 2. The fraction of sp³-hybridized carbons (Fsp3) is 0.300. The summed E-state index contributed by atoms with van der Waals surface area (Å²) in [5, 5.41) is 12.7. The second-order valence-corrected chi connectivity index (χ2v) is 6.37. The summed E-state index contributed by atoms with van der Waals surface area (Å²) >= 11 is 0. The van der Waals surface area contributed by atoms with Crippen molar-refractivity contribution in [2.45, 2.75) is 6.92 Å². The SMILES string of the molecule is CC(=O)c1ccc(NCC(=O)N2CCN(c3cccc(O)c3)CC2)cc1. The van der Waals surface area contributed by atoms with Crippen LogP contribution in [0.15, 0.2) is 48.5 Å². The Morgan fingerprint density at radius 1 is 1.04 bits per heavy atom. The van der Waals surface area contributed by atoms with E-state index in [2.05, 4.69) is 10.2 Å². The van der Waals surface area contributed by atoms with Gasteiger partial charge in [0, 0.05) is 49.2 Å². The van der Waals surface area contributed by atoms with Gasteiger partial charge in [-0.3, -0.25) is 9.59 Å². The van der Waals surface area contributed by atoms with E-state index in [-0.39, 0.29) is 24.0 Å². The Morgan fingerprint density at radius 3 is 2.35 bits per heavy atom. The van der Waals surface area contributed by atoms with Gasteiger partial charge in [-0.15, -0.1) is 0 Å². The Kier molecular flexibility index (Phi) is 5.41. The summed E-state index contributed by atoms with van der Waals surface area (Å²) in [6.07, 6.45) is 0. The van der Waals surface area contributed by atoms with Crippen molar-refractivity contribution in [1.29, 1.82) is 0 Å². The van der Waals surface area contributed by atoms with Crippen molar-refractivity contribution in [3.05, 3.63) is 54.1 Å². The van der Waals surface area contributed by atoms with Gasteiger partial charge in [0.1, 0.15) is 5.75 Å². The molecule has 1 saturated heterocycles. The summed E-state index contributed by atoms with van der Waals surface area (Å²) in [5.74, 6) is 0.328. The molecule has 0 saturated carbocycles. The predicted molar refractivity (Wildman–Crippen MR) is 102 cm³/mol. The van der Waals surface area contributed by atoms with Crippen LogP contribution in [0, 0.1) is 0 Å². The van der Waals surface area contributed by atoms with E-state index in [0.717, 1.165) is 24.5 Å². The first kappa shape index (κ1) is 17.8. The minimum absolute atomic E-state index is 0.0252. The Morgan fingerprint density at radius 2 is 1.73 bits per heavy atom. The van der Waals surface area contributed by atoms with E-state index in [9.17, 15) is 14.7 Å². The zero-order valence-corrected chi connectivity index (χ0v) is 14.8. The molecule has 1 aliphatic rings. The van der Waals surface area contributed by atoms with Crippen molar-refractivity contribution in [3.8, 4) is 5.75 Å². The van der Waals surface area contributed by atoms with Gasteiger partial charge in [-0.1, -0.05) is 6.07 Å². The molecule has 1 amide bonds. The quantitative estimate of drug-likeness (QED) is 0.808. The summed E-state index contributed by atoms with van der Waals surface area (Å²) < 4.78 is 0. The number of hydrogen-bond acceptors (Lipinski definition) is 5. The fourth-order valence-corrected chi connectivity index (χ4v) is 3.02. The number of rotatable bonds is 5. The zero-order chi connectivity index (χ0) is 18.5. The van der Waals surface area contributed by atoms with E-state index in [1.807, 2.05) is 29.2 Å². The van der Waals surface area contributed by atoms with E-state index >= 15 is 0 Å². The van der Waals surface area contributed by atoms with Crippen LogP contribution in [0.3, 0.4) is 0 Å². The van der Waals surface area contributed by atoms with Crippen molar-refractivity contribution in [1.82, 2.24) is 4.90 Å². The Labute approximate surface area is 153 Å². The van der Waals surface area contributed by atoms with Crippen LogP contribution >= 0.6 is 0 Å². The van der Waals surface area contributed by atoms with Gasteiger partial charge in [-0.05, 0) is 43.3 Å². The molecule has 0 aromatic heterocycles. The van der Waals surface area contributed by atoms with E-state index < -0.39 is 0 Å². The molecule has 0 atom stereocenters. The number of nitrogens with zero attached hydrogens (tertiary/aromatic N) is 2. The van der Waals surface area contributed by atoms with Crippen LogP contribution in [0.1, 0.15) is 17.3 Å². The molecular weight excluding hydrogens is 330 g/mol. The number of benzene rings is 2. The van der Waals surface area contributed by atoms with Crippen molar-refractivity contribution in [3.63, 3.8) is 0 Å². The van der Waals surface area contributed by atoms with Crippen molar-refractivity contribution >= 4 is 23.1 Å². The molecule has 0 aliphatic carbocycles. The summed E-state index contributed by atoms with van der Waals surface area (Å²) in [7, 11) is 0. The molecule has 26 heavy (non-hydrogen) atoms. The van der Waals surface area contributed by atoms with E-state index in [0.29, 0.717) is 18.7 Å². The number of carbonyl (C=O) groups excluding carboxylic acids is 2. The third kappa shape index (κ3) is 4.33. The van der Waals surface area contributed by atoms with Gasteiger partial charge in [0.25, 0.3) is 0 Å². The van der Waals surface area contributed by atoms with Crippen LogP contribution < -0.4 is 10.2 Å². The van der Waals surface area contributed by atoms with Gasteiger partial charge in [0.15, 0.2) is 5.78 Å². The van der Waals surface area contributed by atoms with Crippen LogP contribution in [-0.2, 0) is 4.79 Å². The number of carbonyl (C=O) groups is 2. The zero-order valence-electron chi connectivity index (χ0n) is 14.8. The first-order chi connectivity index (χ1) is 12.5. The van der Waals surface area contributed by atoms with Crippen molar-refractivity contribution < 1.29 is 14.7 Å². The lowest BCUT2D eigenvalue weighted by Crippen LogP contribution is -2.50. The third-order valence-corrected chi connectivity index (χ3v) is 4.56. The number of nitrogens with one attached hydrogen (secondary N) is 1. The molecular formula is C20H23N3O3. The van der Waals surface area contributed by atoms with Crippen LogP contribution in [0.4, 0.5) is 11.4 Å². The summed E-state index contributed by atoms with van der Waals surface area (Å²) in [4.78, 5) is 27.7. The number of aromatic hydroxyl groups is 1. The molecule has 6 heteroatoms. The first-order valence-electron chi connectivity index (χ1n) is 8.69. The molecule has 2 N–H and O–H groups in total. The first-order valence-corrected chi connectivity index (χ1v) is 8.69. The molecule has 0 spiro atoms. The van der Waals surface area contributed by atoms with E-state index in [1.165, 1.54) is 6.92 Å². The highest BCUT2D eigenvalue weighted by Gasteiger charge is 2.21. The summed E-state index contributed by atoms with van der Waals surface area (Å²) in [6.45, 7) is 4.54. The van der Waals surface area contributed by atoms with Crippen molar-refractivity contribution in [2.75, 3.05) is 42.9 Å². The topological polar surface area (TPSA) is 72.9 Å². The van der Waals surface area contributed by atoms with Gasteiger partial charge in [0.05, 0.1) is 6.54 Å². The highest BCUT2D eigenvalue weighted by molar-refractivity contribution is 5.94. The number of hydrogen-bond donors (Lipinski definition) is 2. The standard InChI is InChI=1S/C20H23N3O3/c1-15(24)16-5-7-17(8-6-16)21-14-20(26)23-11-9-22(10-12-23)18-3-2-4-19(25)13-18/h2-8,13,21,25H,9-12,14H2,1H3. The summed E-state index contributed by atoms with van der Waals surface area (Å²) in [6, 6.07) is 14.3. The smallest absolute Gasteiger partial charge is 0.241 e. The molecule has 136 valence electrons. The molecule has 0 bridgehead atoms. The van der Waals surface area contributed by atoms with Gasteiger partial charge < -0.3 is 20.2 Å². The lowest BCUT2D eigenvalue weighted by Gasteiger charge is -2.36. The molecule has 0 unspecified atom stereocenters. The average molecular weight is 353 g/mol. The summed E-state index contributed by atoms with van der Waals surface area (Å²) in [5.41, 5.74) is 2.45. The number of piperazine rings is 1. The van der Waals surface area contributed by atoms with E-state index in [4.69, 9.17) is 0 Å². The van der Waals surface area contributed by atoms with Crippen LogP contribution in [0.25, 0.3) is 0 Å². The average Bonchev–Trinajstić information content (AvgIpc) is 2.66. The number of Topliss-reactive ketones (excluding diaryl/α,β-unsaturated/α-hetero) is 1. The maximum atomic E-state index is 12.4. The lowest BCUT2D eigenvalue weighted by atomic mass is 10.1.